The first kappa shape index (κ1) is 14.3. The third kappa shape index (κ3) is 3.96. The highest BCUT2D eigenvalue weighted by Gasteiger charge is 2.30. The summed E-state index contributed by atoms with van der Waals surface area (Å²) >= 11 is 0. The first-order valence-electron chi connectivity index (χ1n) is 8.16. The molecule has 0 bridgehead atoms. The number of hydrogen-bond donors (Lipinski definition) is 1. The van der Waals surface area contributed by atoms with E-state index in [0.717, 1.165) is 17.9 Å². The van der Waals surface area contributed by atoms with Crippen LogP contribution < -0.4 is 5.32 Å². The molecule has 2 rings (SSSR count). The van der Waals surface area contributed by atoms with E-state index in [-0.39, 0.29) is 0 Å². The van der Waals surface area contributed by atoms with Gasteiger partial charge in [0.2, 0.25) is 0 Å². The van der Waals surface area contributed by atoms with Crippen LogP contribution in [0.3, 0.4) is 0 Å². The quantitative estimate of drug-likeness (QED) is 0.808. The molecule has 1 N–H and O–H groups in total. The van der Waals surface area contributed by atoms with Gasteiger partial charge in [0.15, 0.2) is 0 Å². The molecule has 0 spiro atoms. The standard InChI is InChI=1S/C16H32N2/c1-4-14-5-7-16(8-6-14)18-10-9-15(12-18)11-17-13(2)3/h13-17H,4-12H2,1-3H3. The van der Waals surface area contributed by atoms with Gasteiger partial charge in [-0.1, -0.05) is 27.2 Å². The van der Waals surface area contributed by atoms with Crippen molar-refractivity contribution in [3.05, 3.63) is 0 Å². The smallest absolute Gasteiger partial charge is 0.00955 e. The lowest BCUT2D eigenvalue weighted by Gasteiger charge is -2.34. The van der Waals surface area contributed by atoms with Crippen molar-refractivity contribution >= 4 is 0 Å². The zero-order valence-corrected chi connectivity index (χ0v) is 12.6. The number of hydrogen-bond acceptors (Lipinski definition) is 2. The van der Waals surface area contributed by atoms with Crippen LogP contribution in [0.4, 0.5) is 0 Å². The first-order chi connectivity index (χ1) is 8.69. The molecule has 1 saturated carbocycles. The van der Waals surface area contributed by atoms with Gasteiger partial charge in [0, 0.05) is 18.6 Å². The molecule has 0 radical (unpaired) electrons. The van der Waals surface area contributed by atoms with E-state index in [1.54, 1.807) is 0 Å². The predicted octanol–water partition coefficient (Wildman–Crippen LogP) is 3.28. The van der Waals surface area contributed by atoms with Crippen molar-refractivity contribution < 1.29 is 0 Å². The predicted molar refractivity (Wildman–Crippen MR) is 78.9 cm³/mol. The number of nitrogens with one attached hydrogen (secondary N) is 1. The Balaban J connectivity index is 1.69. The average molecular weight is 252 g/mol. The molecule has 0 aromatic heterocycles. The monoisotopic (exact) mass is 252 g/mol. The lowest BCUT2D eigenvalue weighted by Crippen LogP contribution is -2.37. The normalized spacial score (nSPS) is 34.3. The second kappa shape index (κ2) is 6.91. The maximum atomic E-state index is 3.60. The minimum Gasteiger partial charge on any atom is -0.314 e. The molecular formula is C16H32N2. The van der Waals surface area contributed by atoms with Gasteiger partial charge in [-0.2, -0.15) is 0 Å². The van der Waals surface area contributed by atoms with Crippen molar-refractivity contribution in [1.82, 2.24) is 10.2 Å². The summed E-state index contributed by atoms with van der Waals surface area (Å²) in [5, 5.41) is 3.60. The van der Waals surface area contributed by atoms with Gasteiger partial charge in [-0.05, 0) is 57.0 Å². The van der Waals surface area contributed by atoms with Crippen LogP contribution in [0.25, 0.3) is 0 Å². The van der Waals surface area contributed by atoms with Crippen molar-refractivity contribution in [2.24, 2.45) is 11.8 Å². The third-order valence-electron chi connectivity index (χ3n) is 5.04. The highest BCUT2D eigenvalue weighted by molar-refractivity contribution is 4.85. The van der Waals surface area contributed by atoms with E-state index in [1.807, 2.05) is 0 Å². The number of nitrogens with zero attached hydrogens (tertiary/aromatic N) is 1. The summed E-state index contributed by atoms with van der Waals surface area (Å²) in [6, 6.07) is 1.55. The summed E-state index contributed by atoms with van der Waals surface area (Å²) < 4.78 is 0. The Bertz CT molecular complexity index is 231. The topological polar surface area (TPSA) is 15.3 Å². The van der Waals surface area contributed by atoms with Crippen LogP contribution in [-0.4, -0.2) is 36.6 Å². The molecule has 2 heteroatoms. The Labute approximate surface area is 114 Å². The fraction of sp³-hybridized carbons (Fsp3) is 1.00. The molecule has 18 heavy (non-hydrogen) atoms. The summed E-state index contributed by atoms with van der Waals surface area (Å²) in [4.78, 5) is 2.79. The molecule has 0 aromatic carbocycles. The molecule has 106 valence electrons. The second-order valence-corrected chi connectivity index (χ2v) is 6.80. The van der Waals surface area contributed by atoms with Crippen LogP contribution in [0.5, 0.6) is 0 Å². The zero-order chi connectivity index (χ0) is 13.0. The molecule has 2 aliphatic rings. The number of likely N-dealkylation sites (tertiary alicyclic amines) is 1. The highest BCUT2D eigenvalue weighted by Crippen LogP contribution is 2.31. The maximum Gasteiger partial charge on any atom is 0.00955 e. The van der Waals surface area contributed by atoms with Crippen molar-refractivity contribution in [3.63, 3.8) is 0 Å². The molecule has 1 heterocycles. The van der Waals surface area contributed by atoms with E-state index in [4.69, 9.17) is 0 Å². The minimum atomic E-state index is 0.638. The van der Waals surface area contributed by atoms with Gasteiger partial charge in [0.05, 0.1) is 0 Å². The van der Waals surface area contributed by atoms with Crippen molar-refractivity contribution in [1.29, 1.82) is 0 Å². The fourth-order valence-electron chi connectivity index (χ4n) is 3.68. The van der Waals surface area contributed by atoms with Crippen LogP contribution in [0.2, 0.25) is 0 Å². The zero-order valence-electron chi connectivity index (χ0n) is 12.6. The molecule has 1 unspecified atom stereocenters. The van der Waals surface area contributed by atoms with E-state index in [9.17, 15) is 0 Å². The van der Waals surface area contributed by atoms with Crippen molar-refractivity contribution in [3.8, 4) is 0 Å². The summed E-state index contributed by atoms with van der Waals surface area (Å²) in [6.07, 6.45) is 8.69. The molecule has 0 amide bonds. The minimum absolute atomic E-state index is 0.638. The average Bonchev–Trinajstić information content (AvgIpc) is 2.85. The van der Waals surface area contributed by atoms with Gasteiger partial charge in [0.25, 0.3) is 0 Å². The molecule has 1 saturated heterocycles. The van der Waals surface area contributed by atoms with Crippen LogP contribution in [-0.2, 0) is 0 Å². The second-order valence-electron chi connectivity index (χ2n) is 6.80. The van der Waals surface area contributed by atoms with E-state index in [0.29, 0.717) is 6.04 Å². The molecular weight excluding hydrogens is 220 g/mol. The molecule has 1 aliphatic carbocycles. The molecule has 1 atom stereocenters. The van der Waals surface area contributed by atoms with E-state index in [1.165, 1.54) is 58.2 Å². The Morgan fingerprint density at radius 3 is 2.39 bits per heavy atom. The van der Waals surface area contributed by atoms with E-state index in [2.05, 4.69) is 31.0 Å². The lowest BCUT2D eigenvalue weighted by atomic mass is 9.84. The van der Waals surface area contributed by atoms with Gasteiger partial charge in [0.1, 0.15) is 0 Å². The van der Waals surface area contributed by atoms with E-state index < -0.39 is 0 Å². The fourth-order valence-corrected chi connectivity index (χ4v) is 3.68. The Hall–Kier alpha value is -0.0800. The van der Waals surface area contributed by atoms with Crippen molar-refractivity contribution in [2.45, 2.75) is 71.4 Å². The van der Waals surface area contributed by atoms with Crippen LogP contribution in [0, 0.1) is 11.8 Å². The third-order valence-corrected chi connectivity index (χ3v) is 5.04. The molecule has 1 aliphatic heterocycles. The molecule has 2 nitrogen and oxygen atoms in total. The van der Waals surface area contributed by atoms with Gasteiger partial charge in [-0.15, -0.1) is 0 Å². The number of rotatable bonds is 5. The van der Waals surface area contributed by atoms with Gasteiger partial charge in [-0.25, -0.2) is 0 Å². The summed E-state index contributed by atoms with van der Waals surface area (Å²) in [6.45, 7) is 10.8. The summed E-state index contributed by atoms with van der Waals surface area (Å²) in [5.74, 6) is 1.93. The lowest BCUT2D eigenvalue weighted by molar-refractivity contribution is 0.158. The maximum absolute atomic E-state index is 3.60. The Morgan fingerprint density at radius 1 is 1.06 bits per heavy atom. The molecule has 0 aromatic rings. The van der Waals surface area contributed by atoms with Gasteiger partial charge in [-0.3, -0.25) is 0 Å². The Kier molecular flexibility index (Phi) is 5.50. The van der Waals surface area contributed by atoms with Crippen LogP contribution in [0.15, 0.2) is 0 Å². The van der Waals surface area contributed by atoms with Crippen molar-refractivity contribution in [2.75, 3.05) is 19.6 Å². The van der Waals surface area contributed by atoms with E-state index >= 15 is 0 Å². The first-order valence-corrected chi connectivity index (χ1v) is 8.16. The van der Waals surface area contributed by atoms with Gasteiger partial charge >= 0.3 is 0 Å². The van der Waals surface area contributed by atoms with Crippen LogP contribution >= 0.6 is 0 Å². The van der Waals surface area contributed by atoms with Gasteiger partial charge < -0.3 is 10.2 Å². The largest absolute Gasteiger partial charge is 0.314 e. The SMILES string of the molecule is CCC1CCC(N2CCC(CNC(C)C)C2)CC1. The highest BCUT2D eigenvalue weighted by atomic mass is 15.2. The summed E-state index contributed by atoms with van der Waals surface area (Å²) in [5.41, 5.74) is 0. The molecule has 2 fully saturated rings. The summed E-state index contributed by atoms with van der Waals surface area (Å²) in [7, 11) is 0. The van der Waals surface area contributed by atoms with Crippen LogP contribution in [0.1, 0.15) is 59.3 Å². The Morgan fingerprint density at radius 2 is 1.78 bits per heavy atom.